The molecule has 0 aliphatic heterocycles. The third-order valence-corrected chi connectivity index (χ3v) is 8.19. The Morgan fingerprint density at radius 2 is 0.868 bits per heavy atom. The van der Waals surface area contributed by atoms with Crippen LogP contribution in [0.15, 0.2) is 60.7 Å². The summed E-state index contributed by atoms with van der Waals surface area (Å²) >= 11 is 0. The average molecular weight is 522 g/mol. The van der Waals surface area contributed by atoms with Crippen LogP contribution in [-0.2, 0) is 13.1 Å². The van der Waals surface area contributed by atoms with Crippen LogP contribution in [0.3, 0.4) is 0 Å². The third kappa shape index (κ3) is 15.7. The van der Waals surface area contributed by atoms with Crippen molar-refractivity contribution in [2.24, 2.45) is 0 Å². The quantitative estimate of drug-likeness (QED) is 0.139. The van der Waals surface area contributed by atoms with E-state index in [0.717, 1.165) is 25.9 Å². The van der Waals surface area contributed by atoms with Crippen LogP contribution in [0.5, 0.6) is 0 Å². The zero-order valence-electron chi connectivity index (χ0n) is 25.0. The highest BCUT2D eigenvalue weighted by Crippen LogP contribution is 2.19. The van der Waals surface area contributed by atoms with Gasteiger partial charge in [-0.05, 0) is 24.5 Å². The van der Waals surface area contributed by atoms with Crippen LogP contribution in [0.1, 0.15) is 141 Å². The smallest absolute Gasteiger partial charge is 0.0693 e. The Morgan fingerprint density at radius 1 is 0.526 bits per heavy atom. The molecule has 0 radical (unpaired) electrons. The van der Waals surface area contributed by atoms with Crippen molar-refractivity contribution in [3.05, 3.63) is 71.8 Å². The molecule has 2 aromatic carbocycles. The molecule has 0 aliphatic carbocycles. The van der Waals surface area contributed by atoms with Gasteiger partial charge in [-0.3, -0.25) is 4.90 Å². The number of aliphatic hydroxyl groups excluding tert-OH is 1. The fourth-order valence-corrected chi connectivity index (χ4v) is 5.54. The molecule has 2 nitrogen and oxygen atoms in total. The Morgan fingerprint density at radius 3 is 1.24 bits per heavy atom. The molecule has 0 spiro atoms. The topological polar surface area (TPSA) is 23.5 Å². The van der Waals surface area contributed by atoms with Crippen LogP contribution in [0.2, 0.25) is 0 Å². The van der Waals surface area contributed by atoms with Crippen LogP contribution in [0.4, 0.5) is 0 Å². The van der Waals surface area contributed by atoms with E-state index in [0.29, 0.717) is 0 Å². The van der Waals surface area contributed by atoms with Crippen molar-refractivity contribution in [1.29, 1.82) is 0 Å². The van der Waals surface area contributed by atoms with E-state index in [1.54, 1.807) is 0 Å². The zero-order valence-corrected chi connectivity index (χ0v) is 25.0. The lowest BCUT2D eigenvalue weighted by atomic mass is 10.0. The second kappa shape index (κ2) is 22.2. The summed E-state index contributed by atoms with van der Waals surface area (Å²) in [6.07, 6.45) is 24.2. The summed E-state index contributed by atoms with van der Waals surface area (Å²) in [4.78, 5) is 2.43. The SMILES string of the molecule is CCCCCCCCCCCCCCCCCCC[C@@H](O)[C@H](C)N(Cc1ccccc1)Cc1ccccc1. The fraction of sp³-hybridized carbons (Fsp3) is 0.667. The molecule has 0 bridgehead atoms. The largest absolute Gasteiger partial charge is 0.392 e. The van der Waals surface area contributed by atoms with E-state index in [9.17, 15) is 5.11 Å². The minimum atomic E-state index is -0.279. The molecule has 0 saturated carbocycles. The molecule has 0 aromatic heterocycles. The molecule has 2 aromatic rings. The van der Waals surface area contributed by atoms with Gasteiger partial charge >= 0.3 is 0 Å². The van der Waals surface area contributed by atoms with Gasteiger partial charge in [0.15, 0.2) is 0 Å². The van der Waals surface area contributed by atoms with Gasteiger partial charge in [0.25, 0.3) is 0 Å². The van der Waals surface area contributed by atoms with E-state index in [-0.39, 0.29) is 12.1 Å². The number of hydrogen-bond donors (Lipinski definition) is 1. The number of nitrogens with zero attached hydrogens (tertiary/aromatic N) is 1. The second-order valence-electron chi connectivity index (χ2n) is 11.6. The van der Waals surface area contributed by atoms with Crippen LogP contribution >= 0.6 is 0 Å². The molecule has 2 rings (SSSR count). The number of rotatable bonds is 24. The van der Waals surface area contributed by atoms with Crippen molar-refractivity contribution in [2.75, 3.05) is 0 Å². The maximum absolute atomic E-state index is 11.0. The van der Waals surface area contributed by atoms with Gasteiger partial charge in [-0.25, -0.2) is 0 Å². The van der Waals surface area contributed by atoms with Gasteiger partial charge in [-0.15, -0.1) is 0 Å². The number of aliphatic hydroxyl groups is 1. The maximum Gasteiger partial charge on any atom is 0.0693 e. The summed E-state index contributed by atoms with van der Waals surface area (Å²) in [5, 5.41) is 11.0. The molecule has 1 N–H and O–H groups in total. The van der Waals surface area contributed by atoms with E-state index in [4.69, 9.17) is 0 Å². The van der Waals surface area contributed by atoms with Crippen molar-refractivity contribution in [2.45, 2.75) is 155 Å². The summed E-state index contributed by atoms with van der Waals surface area (Å²) in [5.74, 6) is 0. The van der Waals surface area contributed by atoms with Crippen molar-refractivity contribution >= 4 is 0 Å². The van der Waals surface area contributed by atoms with Gasteiger partial charge in [-0.2, -0.15) is 0 Å². The van der Waals surface area contributed by atoms with Crippen LogP contribution in [-0.4, -0.2) is 22.2 Å². The van der Waals surface area contributed by atoms with Gasteiger partial charge in [-0.1, -0.05) is 177 Å². The zero-order chi connectivity index (χ0) is 27.1. The lowest BCUT2D eigenvalue weighted by Crippen LogP contribution is -2.40. The van der Waals surface area contributed by atoms with Crippen LogP contribution < -0.4 is 0 Å². The first-order valence-electron chi connectivity index (χ1n) is 16.2. The molecule has 0 amide bonds. The van der Waals surface area contributed by atoms with Gasteiger partial charge < -0.3 is 5.11 Å². The Balaban J connectivity index is 1.51. The standard InChI is InChI=1S/C36H59NO/c1-3-4-5-6-7-8-9-10-11-12-13-14-15-16-17-18-25-30-36(38)33(2)37(31-34-26-21-19-22-27-34)32-35-28-23-20-24-29-35/h19-24,26-29,33,36,38H,3-18,25,30-32H2,1-2H3/t33-,36+/m0/s1. The summed E-state index contributed by atoms with van der Waals surface area (Å²) < 4.78 is 0. The molecule has 0 fully saturated rings. The minimum absolute atomic E-state index is 0.136. The Labute approximate surface area is 236 Å². The minimum Gasteiger partial charge on any atom is -0.392 e. The maximum atomic E-state index is 11.0. The predicted molar refractivity (Wildman–Crippen MR) is 166 cm³/mol. The summed E-state index contributed by atoms with van der Waals surface area (Å²) in [6, 6.07) is 21.5. The Kier molecular flexibility index (Phi) is 19.0. The van der Waals surface area contributed by atoms with E-state index in [1.807, 2.05) is 0 Å². The molecular weight excluding hydrogens is 462 g/mol. The Hall–Kier alpha value is -1.64. The summed E-state index contributed by atoms with van der Waals surface area (Å²) in [5.41, 5.74) is 2.61. The lowest BCUT2D eigenvalue weighted by Gasteiger charge is -2.32. The lowest BCUT2D eigenvalue weighted by molar-refractivity contribution is 0.0421. The van der Waals surface area contributed by atoms with Gasteiger partial charge in [0.05, 0.1) is 6.10 Å². The normalized spacial score (nSPS) is 13.2. The van der Waals surface area contributed by atoms with Crippen molar-refractivity contribution in [1.82, 2.24) is 4.90 Å². The van der Waals surface area contributed by atoms with Crippen LogP contribution in [0, 0.1) is 0 Å². The van der Waals surface area contributed by atoms with Gasteiger partial charge in [0.2, 0.25) is 0 Å². The molecule has 2 atom stereocenters. The predicted octanol–water partition coefficient (Wildman–Crippen LogP) is 10.5. The average Bonchev–Trinajstić information content (AvgIpc) is 2.95. The van der Waals surface area contributed by atoms with E-state index < -0.39 is 0 Å². The molecule has 2 heteroatoms. The molecule has 214 valence electrons. The van der Waals surface area contributed by atoms with Crippen molar-refractivity contribution in [3.8, 4) is 0 Å². The van der Waals surface area contributed by atoms with E-state index in [1.165, 1.54) is 114 Å². The first kappa shape index (κ1) is 32.6. The molecule has 38 heavy (non-hydrogen) atoms. The first-order chi connectivity index (χ1) is 18.7. The van der Waals surface area contributed by atoms with Crippen molar-refractivity contribution in [3.63, 3.8) is 0 Å². The van der Waals surface area contributed by atoms with E-state index >= 15 is 0 Å². The Bertz CT molecular complexity index is 720. The summed E-state index contributed by atoms with van der Waals surface area (Å²) in [6.45, 7) is 6.23. The highest BCUT2D eigenvalue weighted by Gasteiger charge is 2.22. The van der Waals surface area contributed by atoms with Crippen molar-refractivity contribution < 1.29 is 5.11 Å². The molecule has 0 saturated heterocycles. The number of hydrogen-bond acceptors (Lipinski definition) is 2. The second-order valence-corrected chi connectivity index (χ2v) is 11.6. The number of benzene rings is 2. The molecule has 0 unspecified atom stereocenters. The highest BCUT2D eigenvalue weighted by atomic mass is 16.3. The molecule has 0 heterocycles. The molecule has 0 aliphatic rings. The fourth-order valence-electron chi connectivity index (χ4n) is 5.54. The van der Waals surface area contributed by atoms with Crippen LogP contribution in [0.25, 0.3) is 0 Å². The summed E-state index contributed by atoms with van der Waals surface area (Å²) in [7, 11) is 0. The first-order valence-corrected chi connectivity index (χ1v) is 16.2. The van der Waals surface area contributed by atoms with Gasteiger partial charge in [0, 0.05) is 19.1 Å². The molecular formula is C36H59NO. The van der Waals surface area contributed by atoms with Gasteiger partial charge in [0.1, 0.15) is 0 Å². The van der Waals surface area contributed by atoms with E-state index in [2.05, 4.69) is 79.4 Å². The monoisotopic (exact) mass is 521 g/mol. The highest BCUT2D eigenvalue weighted by molar-refractivity contribution is 5.17. The third-order valence-electron chi connectivity index (χ3n) is 8.19. The number of unbranched alkanes of at least 4 members (excludes halogenated alkanes) is 16.